The summed E-state index contributed by atoms with van der Waals surface area (Å²) in [6.45, 7) is 1.04. The molecule has 0 saturated carbocycles. The fourth-order valence-corrected chi connectivity index (χ4v) is 3.30. The molecule has 1 atom stereocenters. The van der Waals surface area contributed by atoms with Crippen molar-refractivity contribution in [2.75, 3.05) is 13.2 Å². The van der Waals surface area contributed by atoms with Gasteiger partial charge in [0, 0.05) is 20.6 Å². The van der Waals surface area contributed by atoms with Gasteiger partial charge in [-0.05, 0) is 29.3 Å². The zero-order chi connectivity index (χ0) is 15.0. The van der Waals surface area contributed by atoms with Crippen LogP contribution in [-0.4, -0.2) is 13.2 Å². The number of ether oxygens (including phenoxy) is 2. The van der Waals surface area contributed by atoms with Crippen molar-refractivity contribution in [1.29, 1.82) is 0 Å². The van der Waals surface area contributed by atoms with Crippen LogP contribution in [0.15, 0.2) is 34.8 Å². The molecule has 2 aromatic rings. The first kappa shape index (κ1) is 15.0. The quantitative estimate of drug-likeness (QED) is 0.819. The standard InChI is InChI=1S/C15H12BrCl2NO2/c16-8-1-2-9(11(17)5-8)15(19)10-6-13-14(7-12(10)18)21-4-3-20-13/h1-2,5-7,15H,3-4,19H2. The van der Waals surface area contributed by atoms with Crippen LogP contribution in [0.1, 0.15) is 17.2 Å². The minimum atomic E-state index is -0.436. The molecule has 0 amide bonds. The summed E-state index contributed by atoms with van der Waals surface area (Å²) in [4.78, 5) is 0. The van der Waals surface area contributed by atoms with Crippen molar-refractivity contribution in [3.05, 3.63) is 56.0 Å². The minimum absolute atomic E-state index is 0.436. The van der Waals surface area contributed by atoms with Crippen LogP contribution < -0.4 is 15.2 Å². The van der Waals surface area contributed by atoms with Gasteiger partial charge in [0.1, 0.15) is 13.2 Å². The van der Waals surface area contributed by atoms with E-state index in [1.807, 2.05) is 24.3 Å². The molecule has 0 fully saturated rings. The van der Waals surface area contributed by atoms with Gasteiger partial charge in [-0.1, -0.05) is 45.2 Å². The molecule has 2 aromatic carbocycles. The average molecular weight is 389 g/mol. The second-order valence-electron chi connectivity index (χ2n) is 4.66. The maximum absolute atomic E-state index is 6.32. The maximum Gasteiger partial charge on any atom is 0.162 e. The van der Waals surface area contributed by atoms with Crippen molar-refractivity contribution >= 4 is 39.1 Å². The van der Waals surface area contributed by atoms with Crippen LogP contribution in [0.5, 0.6) is 11.5 Å². The molecule has 0 saturated heterocycles. The maximum atomic E-state index is 6.32. The van der Waals surface area contributed by atoms with Crippen molar-refractivity contribution < 1.29 is 9.47 Å². The summed E-state index contributed by atoms with van der Waals surface area (Å²) in [5, 5.41) is 1.12. The van der Waals surface area contributed by atoms with Gasteiger partial charge < -0.3 is 15.2 Å². The Labute approximate surface area is 141 Å². The van der Waals surface area contributed by atoms with E-state index in [1.165, 1.54) is 0 Å². The van der Waals surface area contributed by atoms with Crippen LogP contribution >= 0.6 is 39.1 Å². The lowest BCUT2D eigenvalue weighted by Crippen LogP contribution is -2.17. The Morgan fingerprint density at radius 3 is 2.24 bits per heavy atom. The fraction of sp³-hybridized carbons (Fsp3) is 0.200. The molecule has 1 unspecified atom stereocenters. The van der Waals surface area contributed by atoms with Crippen molar-refractivity contribution in [3.63, 3.8) is 0 Å². The van der Waals surface area contributed by atoms with Crippen LogP contribution in [0.4, 0.5) is 0 Å². The Morgan fingerprint density at radius 1 is 0.952 bits per heavy atom. The van der Waals surface area contributed by atoms with E-state index < -0.39 is 6.04 Å². The molecule has 0 radical (unpaired) electrons. The van der Waals surface area contributed by atoms with Crippen molar-refractivity contribution in [1.82, 2.24) is 0 Å². The molecule has 1 aliphatic heterocycles. The van der Waals surface area contributed by atoms with Gasteiger partial charge in [0.05, 0.1) is 6.04 Å². The first-order valence-electron chi connectivity index (χ1n) is 6.36. The van der Waals surface area contributed by atoms with Gasteiger partial charge in [-0.2, -0.15) is 0 Å². The van der Waals surface area contributed by atoms with E-state index in [0.29, 0.717) is 34.8 Å². The van der Waals surface area contributed by atoms with E-state index in [9.17, 15) is 0 Å². The molecule has 6 heteroatoms. The third kappa shape index (κ3) is 2.99. The Balaban J connectivity index is 2.03. The Morgan fingerprint density at radius 2 is 1.57 bits per heavy atom. The zero-order valence-corrected chi connectivity index (χ0v) is 14.0. The summed E-state index contributed by atoms with van der Waals surface area (Å²) in [5.74, 6) is 1.30. The molecule has 0 aliphatic carbocycles. The Kier molecular flexibility index (Phi) is 4.31. The SMILES string of the molecule is NC(c1ccc(Br)cc1Cl)c1cc2c(cc1Cl)OCCO2. The highest BCUT2D eigenvalue weighted by molar-refractivity contribution is 9.10. The van der Waals surface area contributed by atoms with Gasteiger partial charge >= 0.3 is 0 Å². The smallest absolute Gasteiger partial charge is 0.162 e. The predicted molar refractivity (Wildman–Crippen MR) is 87.6 cm³/mol. The number of hydrogen-bond acceptors (Lipinski definition) is 3. The van der Waals surface area contributed by atoms with E-state index in [0.717, 1.165) is 15.6 Å². The Bertz CT molecular complexity index is 694. The molecule has 110 valence electrons. The number of benzene rings is 2. The lowest BCUT2D eigenvalue weighted by Gasteiger charge is -2.22. The molecule has 3 nitrogen and oxygen atoms in total. The molecule has 2 N–H and O–H groups in total. The molecule has 21 heavy (non-hydrogen) atoms. The first-order chi connectivity index (χ1) is 10.1. The number of nitrogens with two attached hydrogens (primary N) is 1. The summed E-state index contributed by atoms with van der Waals surface area (Å²) in [7, 11) is 0. The molecule has 0 bridgehead atoms. The summed E-state index contributed by atoms with van der Waals surface area (Å²) in [6.07, 6.45) is 0. The lowest BCUT2D eigenvalue weighted by atomic mass is 9.99. The monoisotopic (exact) mass is 387 g/mol. The van der Waals surface area contributed by atoms with Gasteiger partial charge in [-0.15, -0.1) is 0 Å². The number of halogens is 3. The van der Waals surface area contributed by atoms with Crippen LogP contribution in [0.3, 0.4) is 0 Å². The molecule has 0 aromatic heterocycles. The molecule has 1 aliphatic rings. The van der Waals surface area contributed by atoms with Crippen LogP contribution in [-0.2, 0) is 0 Å². The van der Waals surface area contributed by atoms with Crippen LogP contribution in [0.25, 0.3) is 0 Å². The Hall–Kier alpha value is -0.940. The normalized spacial score (nSPS) is 14.9. The van der Waals surface area contributed by atoms with Crippen molar-refractivity contribution in [3.8, 4) is 11.5 Å². The van der Waals surface area contributed by atoms with Gasteiger partial charge in [0.2, 0.25) is 0 Å². The van der Waals surface area contributed by atoms with Crippen molar-refractivity contribution in [2.24, 2.45) is 5.73 Å². The summed E-state index contributed by atoms with van der Waals surface area (Å²) in [5.41, 5.74) is 7.88. The highest BCUT2D eigenvalue weighted by atomic mass is 79.9. The zero-order valence-electron chi connectivity index (χ0n) is 10.9. The molecule has 3 rings (SSSR count). The second-order valence-corrected chi connectivity index (χ2v) is 6.39. The predicted octanol–water partition coefficient (Wildman–Crippen LogP) is 4.58. The van der Waals surface area contributed by atoms with Crippen LogP contribution in [0, 0.1) is 0 Å². The number of hydrogen-bond donors (Lipinski definition) is 1. The molecule has 0 spiro atoms. The van der Waals surface area contributed by atoms with E-state index in [1.54, 1.807) is 6.07 Å². The lowest BCUT2D eigenvalue weighted by molar-refractivity contribution is 0.171. The topological polar surface area (TPSA) is 44.5 Å². The highest BCUT2D eigenvalue weighted by Gasteiger charge is 2.21. The molecule has 1 heterocycles. The van der Waals surface area contributed by atoms with E-state index >= 15 is 0 Å². The number of fused-ring (bicyclic) bond motifs is 1. The van der Waals surface area contributed by atoms with Crippen molar-refractivity contribution in [2.45, 2.75) is 6.04 Å². The van der Waals surface area contributed by atoms with Gasteiger partial charge in [-0.3, -0.25) is 0 Å². The van der Waals surface area contributed by atoms with E-state index in [-0.39, 0.29) is 0 Å². The molecular formula is C15H12BrCl2NO2. The minimum Gasteiger partial charge on any atom is -0.486 e. The van der Waals surface area contributed by atoms with Crippen LogP contribution in [0.2, 0.25) is 10.0 Å². The summed E-state index contributed by atoms with van der Waals surface area (Å²) < 4.78 is 12.0. The summed E-state index contributed by atoms with van der Waals surface area (Å²) in [6, 6.07) is 8.70. The first-order valence-corrected chi connectivity index (χ1v) is 7.90. The fourth-order valence-electron chi connectivity index (χ4n) is 2.24. The molecular weight excluding hydrogens is 377 g/mol. The third-order valence-corrected chi connectivity index (χ3v) is 4.44. The second kappa shape index (κ2) is 6.05. The van der Waals surface area contributed by atoms with E-state index in [2.05, 4.69) is 15.9 Å². The third-order valence-electron chi connectivity index (χ3n) is 3.29. The van der Waals surface area contributed by atoms with Gasteiger partial charge in [0.15, 0.2) is 11.5 Å². The summed E-state index contributed by atoms with van der Waals surface area (Å²) >= 11 is 16.0. The van der Waals surface area contributed by atoms with E-state index in [4.69, 9.17) is 38.4 Å². The number of rotatable bonds is 2. The van der Waals surface area contributed by atoms with Gasteiger partial charge in [0.25, 0.3) is 0 Å². The average Bonchev–Trinajstić information content (AvgIpc) is 2.46. The largest absolute Gasteiger partial charge is 0.486 e. The highest BCUT2D eigenvalue weighted by Crippen LogP contribution is 2.39. The van der Waals surface area contributed by atoms with Gasteiger partial charge in [-0.25, -0.2) is 0 Å².